The number of aromatic nitrogens is 1. The second kappa shape index (κ2) is 7.53. The van der Waals surface area contributed by atoms with Crippen LogP contribution >= 0.6 is 0 Å². The van der Waals surface area contributed by atoms with Gasteiger partial charge in [0.1, 0.15) is 11.6 Å². The molecule has 18 heavy (non-hydrogen) atoms. The molecule has 5 nitrogen and oxygen atoms in total. The normalized spacial score (nSPS) is 9.94. The molecule has 0 fully saturated rings. The predicted molar refractivity (Wildman–Crippen MR) is 74.8 cm³/mol. The van der Waals surface area contributed by atoms with E-state index in [4.69, 9.17) is 0 Å². The molecule has 0 bridgehead atoms. The van der Waals surface area contributed by atoms with Gasteiger partial charge in [0.2, 0.25) is 5.91 Å². The van der Waals surface area contributed by atoms with Gasteiger partial charge in [-0.25, -0.2) is 4.98 Å². The standard InChI is InChI=1S/C13H22N4O/c1-4-17(5-2)13(18)9-10-15-12-8-6-7-11(14-3)16-12/h6-8H,4-5,9-10H2,1-3H3,(H2,14,15,16). The lowest BCUT2D eigenvalue weighted by atomic mass is 10.3. The Labute approximate surface area is 109 Å². The third-order valence-corrected chi connectivity index (χ3v) is 2.77. The van der Waals surface area contributed by atoms with Crippen LogP contribution in [0.3, 0.4) is 0 Å². The number of hydrogen-bond donors (Lipinski definition) is 2. The number of carbonyl (C=O) groups is 1. The number of pyridine rings is 1. The second-order valence-electron chi connectivity index (χ2n) is 3.90. The maximum Gasteiger partial charge on any atom is 0.224 e. The zero-order chi connectivity index (χ0) is 13.4. The van der Waals surface area contributed by atoms with Crippen LogP contribution in [0, 0.1) is 0 Å². The number of hydrogen-bond acceptors (Lipinski definition) is 4. The molecule has 0 saturated carbocycles. The van der Waals surface area contributed by atoms with Gasteiger partial charge in [-0.3, -0.25) is 4.79 Å². The third kappa shape index (κ3) is 4.24. The molecule has 0 aliphatic carbocycles. The summed E-state index contributed by atoms with van der Waals surface area (Å²) in [4.78, 5) is 17.9. The molecule has 0 atom stereocenters. The highest BCUT2D eigenvalue weighted by Crippen LogP contribution is 2.08. The number of amides is 1. The van der Waals surface area contributed by atoms with Crippen LogP contribution in [0.15, 0.2) is 18.2 Å². The van der Waals surface area contributed by atoms with Crippen molar-refractivity contribution in [1.82, 2.24) is 9.88 Å². The molecule has 5 heteroatoms. The summed E-state index contributed by atoms with van der Waals surface area (Å²) in [6.07, 6.45) is 0.493. The number of nitrogens with zero attached hydrogens (tertiary/aromatic N) is 2. The van der Waals surface area contributed by atoms with Crippen molar-refractivity contribution in [3.63, 3.8) is 0 Å². The highest BCUT2D eigenvalue weighted by atomic mass is 16.2. The Balaban J connectivity index is 2.39. The van der Waals surface area contributed by atoms with Crippen LogP contribution in [0.2, 0.25) is 0 Å². The molecule has 0 radical (unpaired) electrons. The average molecular weight is 250 g/mol. The Morgan fingerprint density at radius 3 is 2.56 bits per heavy atom. The van der Waals surface area contributed by atoms with E-state index < -0.39 is 0 Å². The Morgan fingerprint density at radius 1 is 1.28 bits per heavy atom. The molecule has 1 heterocycles. The van der Waals surface area contributed by atoms with Crippen LogP contribution in [0.1, 0.15) is 20.3 Å². The first-order valence-electron chi connectivity index (χ1n) is 6.37. The maximum atomic E-state index is 11.8. The lowest BCUT2D eigenvalue weighted by molar-refractivity contribution is -0.130. The van der Waals surface area contributed by atoms with Crippen molar-refractivity contribution >= 4 is 17.5 Å². The molecular formula is C13H22N4O. The Kier molecular flexibility index (Phi) is 5.97. The van der Waals surface area contributed by atoms with Crippen LogP contribution < -0.4 is 10.6 Å². The van der Waals surface area contributed by atoms with Gasteiger partial charge < -0.3 is 15.5 Å². The fraction of sp³-hybridized carbons (Fsp3) is 0.538. The maximum absolute atomic E-state index is 11.8. The van der Waals surface area contributed by atoms with E-state index in [-0.39, 0.29) is 5.91 Å². The minimum absolute atomic E-state index is 0.178. The van der Waals surface area contributed by atoms with Crippen molar-refractivity contribution in [1.29, 1.82) is 0 Å². The lowest BCUT2D eigenvalue weighted by Gasteiger charge is -2.18. The van der Waals surface area contributed by atoms with Crippen molar-refractivity contribution < 1.29 is 4.79 Å². The summed E-state index contributed by atoms with van der Waals surface area (Å²) in [6.45, 7) is 6.13. The van der Waals surface area contributed by atoms with Crippen LogP contribution in [0.25, 0.3) is 0 Å². The predicted octanol–water partition coefficient (Wildman–Crippen LogP) is 1.79. The summed E-state index contributed by atoms with van der Waals surface area (Å²) in [5.41, 5.74) is 0. The quantitative estimate of drug-likeness (QED) is 0.774. The van der Waals surface area contributed by atoms with Crippen LogP contribution in [-0.2, 0) is 4.79 Å². The SMILES string of the molecule is CCN(CC)C(=O)CCNc1cccc(NC)n1. The number of anilines is 2. The van der Waals surface area contributed by atoms with Crippen molar-refractivity contribution in [3.8, 4) is 0 Å². The summed E-state index contributed by atoms with van der Waals surface area (Å²) in [7, 11) is 1.83. The van der Waals surface area contributed by atoms with Crippen molar-refractivity contribution in [2.24, 2.45) is 0 Å². The van der Waals surface area contributed by atoms with E-state index in [1.165, 1.54) is 0 Å². The van der Waals surface area contributed by atoms with E-state index in [9.17, 15) is 4.79 Å². The molecule has 0 aliphatic heterocycles. The zero-order valence-corrected chi connectivity index (χ0v) is 11.4. The summed E-state index contributed by atoms with van der Waals surface area (Å²) in [5, 5.41) is 6.13. The van der Waals surface area contributed by atoms with Gasteiger partial charge in [-0.1, -0.05) is 6.07 Å². The highest BCUT2D eigenvalue weighted by molar-refractivity contribution is 5.76. The Morgan fingerprint density at radius 2 is 1.94 bits per heavy atom. The van der Waals surface area contributed by atoms with Gasteiger partial charge in [-0.2, -0.15) is 0 Å². The first kappa shape index (κ1) is 14.3. The van der Waals surface area contributed by atoms with E-state index >= 15 is 0 Å². The number of nitrogens with one attached hydrogen (secondary N) is 2. The number of carbonyl (C=O) groups excluding carboxylic acids is 1. The fourth-order valence-electron chi connectivity index (χ4n) is 1.70. The molecule has 100 valence electrons. The summed E-state index contributed by atoms with van der Waals surface area (Å²) in [6, 6.07) is 5.71. The molecule has 0 saturated heterocycles. The smallest absolute Gasteiger partial charge is 0.224 e. The average Bonchev–Trinajstić information content (AvgIpc) is 2.40. The van der Waals surface area contributed by atoms with Crippen molar-refractivity contribution in [2.45, 2.75) is 20.3 Å². The van der Waals surface area contributed by atoms with Gasteiger partial charge in [0, 0.05) is 33.1 Å². The van der Waals surface area contributed by atoms with Gasteiger partial charge >= 0.3 is 0 Å². The summed E-state index contributed by atoms with van der Waals surface area (Å²) < 4.78 is 0. The first-order valence-corrected chi connectivity index (χ1v) is 6.37. The lowest BCUT2D eigenvalue weighted by Crippen LogP contribution is -2.31. The van der Waals surface area contributed by atoms with Crippen LogP contribution in [-0.4, -0.2) is 42.5 Å². The van der Waals surface area contributed by atoms with Crippen LogP contribution in [0.4, 0.5) is 11.6 Å². The molecule has 1 aromatic rings. The minimum atomic E-state index is 0.178. The van der Waals surface area contributed by atoms with E-state index in [1.807, 2.05) is 44.0 Å². The molecule has 1 aromatic heterocycles. The summed E-state index contributed by atoms with van der Waals surface area (Å²) >= 11 is 0. The molecule has 2 N–H and O–H groups in total. The first-order chi connectivity index (χ1) is 8.71. The third-order valence-electron chi connectivity index (χ3n) is 2.77. The molecule has 1 rings (SSSR count). The number of rotatable bonds is 7. The van der Waals surface area contributed by atoms with E-state index in [0.717, 1.165) is 24.7 Å². The van der Waals surface area contributed by atoms with Crippen molar-refractivity contribution in [3.05, 3.63) is 18.2 Å². The highest BCUT2D eigenvalue weighted by Gasteiger charge is 2.08. The Hall–Kier alpha value is -1.78. The van der Waals surface area contributed by atoms with Gasteiger partial charge in [0.15, 0.2) is 0 Å². The zero-order valence-electron chi connectivity index (χ0n) is 11.4. The van der Waals surface area contributed by atoms with Gasteiger partial charge in [0.05, 0.1) is 0 Å². The van der Waals surface area contributed by atoms with Gasteiger partial charge in [-0.15, -0.1) is 0 Å². The van der Waals surface area contributed by atoms with E-state index in [1.54, 1.807) is 0 Å². The minimum Gasteiger partial charge on any atom is -0.373 e. The summed E-state index contributed by atoms with van der Waals surface area (Å²) in [5.74, 6) is 1.78. The molecule has 0 unspecified atom stereocenters. The van der Waals surface area contributed by atoms with E-state index in [0.29, 0.717) is 13.0 Å². The van der Waals surface area contributed by atoms with Crippen LogP contribution in [0.5, 0.6) is 0 Å². The monoisotopic (exact) mass is 250 g/mol. The topological polar surface area (TPSA) is 57.3 Å². The fourth-order valence-corrected chi connectivity index (χ4v) is 1.70. The van der Waals surface area contributed by atoms with Crippen molar-refractivity contribution in [2.75, 3.05) is 37.3 Å². The molecule has 0 spiro atoms. The van der Waals surface area contributed by atoms with Gasteiger partial charge in [-0.05, 0) is 26.0 Å². The molecule has 0 aliphatic rings. The largest absolute Gasteiger partial charge is 0.373 e. The molecule has 1 amide bonds. The molecule has 0 aromatic carbocycles. The molecular weight excluding hydrogens is 228 g/mol. The van der Waals surface area contributed by atoms with E-state index in [2.05, 4.69) is 15.6 Å². The Bertz CT molecular complexity index is 377. The van der Waals surface area contributed by atoms with Gasteiger partial charge in [0.25, 0.3) is 0 Å². The second-order valence-corrected chi connectivity index (χ2v) is 3.90.